The summed E-state index contributed by atoms with van der Waals surface area (Å²) in [5, 5.41) is 9.68. The van der Waals surface area contributed by atoms with E-state index in [1.54, 1.807) is 0 Å². The van der Waals surface area contributed by atoms with Gasteiger partial charge in [0.15, 0.2) is 0 Å². The average Bonchev–Trinajstić information content (AvgIpc) is 3.45. The van der Waals surface area contributed by atoms with Crippen molar-refractivity contribution in [2.45, 2.75) is 0 Å². The van der Waals surface area contributed by atoms with Crippen LogP contribution in [-0.4, -0.2) is 0 Å². The number of furan rings is 1. The third-order valence-corrected chi connectivity index (χ3v) is 8.85. The summed E-state index contributed by atoms with van der Waals surface area (Å²) in [6.45, 7) is 0. The molecule has 9 rings (SSSR count). The lowest BCUT2D eigenvalue weighted by Crippen LogP contribution is -1.93. The first-order valence-electron chi connectivity index (χ1n) is 14.8. The predicted molar refractivity (Wildman–Crippen MR) is 183 cm³/mol. The van der Waals surface area contributed by atoms with Crippen molar-refractivity contribution in [3.05, 3.63) is 158 Å². The van der Waals surface area contributed by atoms with Gasteiger partial charge in [0.05, 0.1) is 0 Å². The second kappa shape index (κ2) is 9.44. The van der Waals surface area contributed by atoms with Crippen LogP contribution in [0.15, 0.2) is 162 Å². The van der Waals surface area contributed by atoms with Crippen LogP contribution in [0.3, 0.4) is 0 Å². The van der Waals surface area contributed by atoms with Crippen molar-refractivity contribution >= 4 is 54.3 Å². The molecule has 0 bridgehead atoms. The molecule has 200 valence electrons. The molecule has 1 nitrogen and oxygen atoms in total. The SMILES string of the molecule is c1ccc(-c2ccccc2-c2c3ccccc3c(-c3c4ccccc4cc4oc5ccccc5c34)c3ccccc23)cc1. The first-order valence-corrected chi connectivity index (χ1v) is 14.8. The second-order valence-electron chi connectivity index (χ2n) is 11.2. The number of rotatable bonds is 3. The minimum absolute atomic E-state index is 0.913. The summed E-state index contributed by atoms with van der Waals surface area (Å²) in [6.07, 6.45) is 0. The molecule has 0 fully saturated rings. The highest BCUT2D eigenvalue weighted by Gasteiger charge is 2.23. The van der Waals surface area contributed by atoms with E-state index in [2.05, 4.69) is 152 Å². The zero-order valence-corrected chi connectivity index (χ0v) is 23.4. The number of hydrogen-bond acceptors (Lipinski definition) is 1. The van der Waals surface area contributed by atoms with Gasteiger partial charge in [-0.2, -0.15) is 0 Å². The van der Waals surface area contributed by atoms with Crippen molar-refractivity contribution < 1.29 is 4.42 Å². The maximum Gasteiger partial charge on any atom is 0.136 e. The number of hydrogen-bond donors (Lipinski definition) is 0. The third kappa shape index (κ3) is 3.58. The molecule has 0 saturated heterocycles. The van der Waals surface area contributed by atoms with E-state index in [0.717, 1.165) is 16.6 Å². The Bertz CT molecular complexity index is 2440. The lowest BCUT2D eigenvalue weighted by molar-refractivity contribution is 0.669. The smallest absolute Gasteiger partial charge is 0.136 e. The normalized spacial score (nSPS) is 11.7. The molecule has 0 spiro atoms. The van der Waals surface area contributed by atoms with E-state index in [1.807, 2.05) is 6.07 Å². The van der Waals surface area contributed by atoms with E-state index >= 15 is 0 Å². The van der Waals surface area contributed by atoms with Crippen molar-refractivity contribution in [2.75, 3.05) is 0 Å². The van der Waals surface area contributed by atoms with Crippen molar-refractivity contribution in [2.24, 2.45) is 0 Å². The molecule has 1 heterocycles. The van der Waals surface area contributed by atoms with E-state index in [4.69, 9.17) is 4.42 Å². The van der Waals surface area contributed by atoms with E-state index in [-0.39, 0.29) is 0 Å². The van der Waals surface area contributed by atoms with Crippen LogP contribution in [-0.2, 0) is 0 Å². The van der Waals surface area contributed by atoms with Crippen molar-refractivity contribution in [1.29, 1.82) is 0 Å². The summed E-state index contributed by atoms with van der Waals surface area (Å²) in [5.74, 6) is 0. The van der Waals surface area contributed by atoms with Gasteiger partial charge in [-0.25, -0.2) is 0 Å². The van der Waals surface area contributed by atoms with Crippen LogP contribution in [0, 0.1) is 0 Å². The van der Waals surface area contributed by atoms with E-state index < -0.39 is 0 Å². The molecule has 9 aromatic rings. The van der Waals surface area contributed by atoms with Gasteiger partial charge >= 0.3 is 0 Å². The Morgan fingerprint density at radius 2 is 0.837 bits per heavy atom. The number of fused-ring (bicyclic) bond motifs is 6. The van der Waals surface area contributed by atoms with Crippen molar-refractivity contribution in [1.82, 2.24) is 0 Å². The van der Waals surface area contributed by atoms with Gasteiger partial charge in [-0.1, -0.05) is 146 Å². The highest BCUT2D eigenvalue weighted by Crippen LogP contribution is 2.50. The maximum absolute atomic E-state index is 6.50. The fourth-order valence-corrected chi connectivity index (χ4v) is 7.07. The molecule has 0 unspecified atom stereocenters. The first-order chi connectivity index (χ1) is 21.4. The lowest BCUT2D eigenvalue weighted by atomic mass is 9.82. The van der Waals surface area contributed by atoms with Crippen molar-refractivity contribution in [3.63, 3.8) is 0 Å². The zero-order valence-electron chi connectivity index (χ0n) is 23.4. The highest BCUT2D eigenvalue weighted by molar-refractivity contribution is 6.30. The Kier molecular flexibility index (Phi) is 5.27. The van der Waals surface area contributed by atoms with Crippen LogP contribution >= 0.6 is 0 Å². The molecule has 1 aromatic heterocycles. The molecule has 0 N–H and O–H groups in total. The second-order valence-corrected chi connectivity index (χ2v) is 11.2. The van der Waals surface area contributed by atoms with Gasteiger partial charge in [0, 0.05) is 16.3 Å². The van der Waals surface area contributed by atoms with Crippen LogP contribution < -0.4 is 0 Å². The fourth-order valence-electron chi connectivity index (χ4n) is 7.07. The van der Waals surface area contributed by atoms with Crippen LogP contribution in [0.25, 0.3) is 87.6 Å². The highest BCUT2D eigenvalue weighted by atomic mass is 16.3. The van der Waals surface area contributed by atoms with Gasteiger partial charge < -0.3 is 4.42 Å². The Morgan fingerprint density at radius 1 is 0.326 bits per heavy atom. The van der Waals surface area contributed by atoms with Gasteiger partial charge in [0.1, 0.15) is 11.2 Å². The largest absolute Gasteiger partial charge is 0.456 e. The summed E-state index contributed by atoms with van der Waals surface area (Å²) < 4.78 is 6.50. The minimum Gasteiger partial charge on any atom is -0.456 e. The minimum atomic E-state index is 0.913. The van der Waals surface area contributed by atoms with E-state index in [0.29, 0.717) is 0 Å². The third-order valence-electron chi connectivity index (χ3n) is 8.85. The molecule has 0 saturated carbocycles. The van der Waals surface area contributed by atoms with Crippen LogP contribution in [0.5, 0.6) is 0 Å². The molecular weight excluding hydrogens is 520 g/mol. The number of para-hydroxylation sites is 1. The van der Waals surface area contributed by atoms with E-state index in [9.17, 15) is 0 Å². The fraction of sp³-hybridized carbons (Fsp3) is 0. The standard InChI is InChI=1S/C42H26O/c1-2-14-27(15-3-1)29-17-6-7-19-31(29)39-32-20-8-10-22-34(32)40(35-23-11-9-21-33(35)39)42-30-18-5-4-16-28(30)26-38-41(42)36-24-12-13-25-37(36)43-38/h1-26H. The lowest BCUT2D eigenvalue weighted by Gasteiger charge is -2.21. The maximum atomic E-state index is 6.50. The number of benzene rings is 8. The summed E-state index contributed by atoms with van der Waals surface area (Å²) in [4.78, 5) is 0. The molecule has 43 heavy (non-hydrogen) atoms. The molecule has 0 aliphatic heterocycles. The van der Waals surface area contributed by atoms with Gasteiger partial charge in [-0.05, 0) is 72.3 Å². The zero-order chi connectivity index (χ0) is 28.3. The quantitative estimate of drug-likeness (QED) is 0.201. The molecular formula is C42H26O. The Balaban J connectivity index is 1.50. The summed E-state index contributed by atoms with van der Waals surface area (Å²) in [6, 6.07) is 56.7. The topological polar surface area (TPSA) is 13.1 Å². The molecule has 1 heteroatoms. The van der Waals surface area contributed by atoms with Gasteiger partial charge in [0.2, 0.25) is 0 Å². The van der Waals surface area contributed by atoms with Crippen LogP contribution in [0.2, 0.25) is 0 Å². The average molecular weight is 547 g/mol. The molecule has 0 radical (unpaired) electrons. The molecule has 0 aliphatic carbocycles. The van der Waals surface area contributed by atoms with Crippen molar-refractivity contribution in [3.8, 4) is 33.4 Å². The van der Waals surface area contributed by atoms with Crippen LogP contribution in [0.4, 0.5) is 0 Å². The Labute approximate surface area is 249 Å². The molecule has 0 amide bonds. The van der Waals surface area contributed by atoms with Gasteiger partial charge in [-0.15, -0.1) is 0 Å². The van der Waals surface area contributed by atoms with Crippen LogP contribution in [0.1, 0.15) is 0 Å². The predicted octanol–water partition coefficient (Wildman–Crippen LogP) is 12.0. The Morgan fingerprint density at radius 3 is 1.53 bits per heavy atom. The monoisotopic (exact) mass is 546 g/mol. The molecule has 0 aliphatic rings. The summed E-state index contributed by atoms with van der Waals surface area (Å²) in [5.41, 5.74) is 9.27. The Hall–Kier alpha value is -5.66. The molecule has 8 aromatic carbocycles. The summed E-state index contributed by atoms with van der Waals surface area (Å²) >= 11 is 0. The van der Waals surface area contributed by atoms with Gasteiger partial charge in [-0.3, -0.25) is 0 Å². The first kappa shape index (κ1) is 24.0. The molecule has 0 atom stereocenters. The summed E-state index contributed by atoms with van der Waals surface area (Å²) in [7, 11) is 0. The van der Waals surface area contributed by atoms with Gasteiger partial charge in [0.25, 0.3) is 0 Å². The van der Waals surface area contributed by atoms with E-state index in [1.165, 1.54) is 71.1 Å².